The lowest BCUT2D eigenvalue weighted by Gasteiger charge is -2.23. The minimum atomic E-state index is -3.94. The Bertz CT molecular complexity index is 993. The van der Waals surface area contributed by atoms with Gasteiger partial charge in [0.15, 0.2) is 6.10 Å². The van der Waals surface area contributed by atoms with Crippen molar-refractivity contribution >= 4 is 50.8 Å². The summed E-state index contributed by atoms with van der Waals surface area (Å²) in [5.41, 5.74) is 0.339. The van der Waals surface area contributed by atoms with Crippen LogP contribution in [0, 0.1) is 5.92 Å². The molecule has 1 amide bonds. The highest BCUT2D eigenvalue weighted by atomic mass is 35.5. The van der Waals surface area contributed by atoms with Crippen LogP contribution in [0.3, 0.4) is 0 Å². The summed E-state index contributed by atoms with van der Waals surface area (Å²) in [7, 11) is -3.94. The van der Waals surface area contributed by atoms with Gasteiger partial charge < -0.3 is 10.1 Å². The van der Waals surface area contributed by atoms with E-state index in [1.54, 1.807) is 32.0 Å². The Morgan fingerprint density at radius 3 is 2.07 bits per heavy atom. The second-order valence-electron chi connectivity index (χ2n) is 6.88. The van der Waals surface area contributed by atoms with Gasteiger partial charge in [-0.2, -0.15) is 4.72 Å². The summed E-state index contributed by atoms with van der Waals surface area (Å²) in [6.45, 7) is 4.71. The molecule has 0 spiro atoms. The van der Waals surface area contributed by atoms with Gasteiger partial charge in [-0.25, -0.2) is 8.42 Å². The minimum absolute atomic E-state index is 0.0204. The second-order valence-corrected chi connectivity index (χ2v) is 9.47. The average Bonchev–Trinajstić information content (AvgIpc) is 2.65. The summed E-state index contributed by atoms with van der Waals surface area (Å²) in [6, 6.07) is 11.0. The zero-order chi connectivity index (χ0) is 22.5. The van der Waals surface area contributed by atoms with Crippen LogP contribution in [0.2, 0.25) is 10.0 Å². The van der Waals surface area contributed by atoms with Crippen molar-refractivity contribution in [2.24, 2.45) is 5.92 Å². The number of carbonyl (C=O) groups excluding carboxylic acids is 2. The van der Waals surface area contributed by atoms with Crippen molar-refractivity contribution in [2.75, 3.05) is 5.32 Å². The molecule has 2 aromatic rings. The fraction of sp³-hybridized carbons (Fsp3) is 0.300. The van der Waals surface area contributed by atoms with Crippen LogP contribution in [-0.2, 0) is 24.3 Å². The number of halogens is 2. The van der Waals surface area contributed by atoms with Gasteiger partial charge in [0.1, 0.15) is 6.04 Å². The lowest BCUT2D eigenvalue weighted by molar-refractivity contribution is -0.155. The standard InChI is InChI=1S/C20H22Cl2N2O5S/c1-12(2)18(24-30(27,28)17-7-5-4-6-8-17)20(26)29-13(3)19(25)23-16-10-14(21)9-15(22)11-16/h4-13,18,24H,1-3H3,(H,23,25). The molecule has 0 aromatic heterocycles. The molecule has 0 bridgehead atoms. The molecule has 2 atom stereocenters. The molecule has 2 unspecified atom stereocenters. The predicted octanol–water partition coefficient (Wildman–Crippen LogP) is 3.87. The van der Waals surface area contributed by atoms with Crippen molar-refractivity contribution in [3.63, 3.8) is 0 Å². The molecule has 0 aliphatic heterocycles. The zero-order valence-electron chi connectivity index (χ0n) is 16.6. The Labute approximate surface area is 185 Å². The summed E-state index contributed by atoms with van der Waals surface area (Å²) in [5, 5.41) is 3.21. The predicted molar refractivity (Wildman–Crippen MR) is 116 cm³/mol. The molecule has 0 fully saturated rings. The fourth-order valence-corrected chi connectivity index (χ4v) is 4.34. The summed E-state index contributed by atoms with van der Waals surface area (Å²) in [6.07, 6.45) is -1.18. The number of benzene rings is 2. The van der Waals surface area contributed by atoms with E-state index in [1.165, 1.54) is 37.3 Å². The van der Waals surface area contributed by atoms with Crippen molar-refractivity contribution in [3.8, 4) is 0 Å². The number of esters is 1. The third-order valence-corrected chi connectivity index (χ3v) is 5.94. The quantitative estimate of drug-likeness (QED) is 0.567. The van der Waals surface area contributed by atoms with Crippen molar-refractivity contribution < 1.29 is 22.7 Å². The Hall–Kier alpha value is -2.13. The highest BCUT2D eigenvalue weighted by molar-refractivity contribution is 7.89. The van der Waals surface area contributed by atoms with E-state index in [9.17, 15) is 18.0 Å². The molecule has 0 radical (unpaired) electrons. The first-order chi connectivity index (χ1) is 14.0. The summed E-state index contributed by atoms with van der Waals surface area (Å²) < 4.78 is 32.7. The van der Waals surface area contributed by atoms with Crippen LogP contribution in [0.5, 0.6) is 0 Å². The minimum Gasteiger partial charge on any atom is -0.451 e. The Morgan fingerprint density at radius 2 is 1.53 bits per heavy atom. The van der Waals surface area contributed by atoms with E-state index in [-0.39, 0.29) is 4.90 Å². The number of hydrogen-bond donors (Lipinski definition) is 2. The van der Waals surface area contributed by atoms with Crippen molar-refractivity contribution in [3.05, 3.63) is 58.6 Å². The maximum Gasteiger partial charge on any atom is 0.325 e. The van der Waals surface area contributed by atoms with Gasteiger partial charge in [-0.1, -0.05) is 55.2 Å². The van der Waals surface area contributed by atoms with Gasteiger partial charge in [-0.3, -0.25) is 9.59 Å². The maximum atomic E-state index is 12.6. The molecule has 0 aliphatic rings. The molecule has 0 heterocycles. The van der Waals surface area contributed by atoms with E-state index >= 15 is 0 Å². The molecule has 7 nitrogen and oxygen atoms in total. The monoisotopic (exact) mass is 472 g/mol. The highest BCUT2D eigenvalue weighted by Gasteiger charge is 2.31. The van der Waals surface area contributed by atoms with Gasteiger partial charge >= 0.3 is 5.97 Å². The van der Waals surface area contributed by atoms with Crippen LogP contribution in [0.15, 0.2) is 53.4 Å². The van der Waals surface area contributed by atoms with Crippen LogP contribution in [0.1, 0.15) is 20.8 Å². The third-order valence-electron chi connectivity index (χ3n) is 4.05. The van der Waals surface area contributed by atoms with Crippen LogP contribution < -0.4 is 10.0 Å². The molecular weight excluding hydrogens is 451 g/mol. The van der Waals surface area contributed by atoms with Crippen LogP contribution in [0.25, 0.3) is 0 Å². The maximum absolute atomic E-state index is 12.6. The smallest absolute Gasteiger partial charge is 0.325 e. The van der Waals surface area contributed by atoms with Gasteiger partial charge in [0.05, 0.1) is 4.90 Å². The number of rotatable bonds is 8. The Morgan fingerprint density at radius 1 is 0.967 bits per heavy atom. The van der Waals surface area contributed by atoms with Gasteiger partial charge in [0, 0.05) is 15.7 Å². The lowest BCUT2D eigenvalue weighted by Crippen LogP contribution is -2.47. The van der Waals surface area contributed by atoms with Crippen molar-refractivity contribution in [1.29, 1.82) is 0 Å². The molecular formula is C20H22Cl2N2O5S. The van der Waals surface area contributed by atoms with E-state index in [1.807, 2.05) is 0 Å². The van der Waals surface area contributed by atoms with E-state index in [0.29, 0.717) is 15.7 Å². The highest BCUT2D eigenvalue weighted by Crippen LogP contribution is 2.22. The number of hydrogen-bond acceptors (Lipinski definition) is 5. The Kier molecular flexibility index (Phi) is 8.25. The van der Waals surface area contributed by atoms with E-state index in [0.717, 1.165) is 0 Å². The molecule has 162 valence electrons. The number of amides is 1. The first-order valence-corrected chi connectivity index (χ1v) is 11.3. The fourth-order valence-electron chi connectivity index (χ4n) is 2.46. The van der Waals surface area contributed by atoms with Gasteiger partial charge in [0.2, 0.25) is 10.0 Å². The van der Waals surface area contributed by atoms with E-state index in [4.69, 9.17) is 27.9 Å². The molecule has 2 aromatic carbocycles. The number of ether oxygens (including phenoxy) is 1. The SMILES string of the molecule is CC(OC(=O)C(NS(=O)(=O)c1ccccc1)C(C)C)C(=O)Nc1cc(Cl)cc(Cl)c1. The molecule has 2 rings (SSSR count). The van der Waals surface area contributed by atoms with E-state index < -0.39 is 40.0 Å². The number of carbonyl (C=O) groups is 2. The Balaban J connectivity index is 2.07. The normalized spacial score (nSPS) is 13.5. The largest absolute Gasteiger partial charge is 0.451 e. The molecule has 30 heavy (non-hydrogen) atoms. The van der Waals surface area contributed by atoms with Gasteiger partial charge in [-0.05, 0) is 43.2 Å². The zero-order valence-corrected chi connectivity index (χ0v) is 18.9. The number of nitrogens with one attached hydrogen (secondary N) is 2. The van der Waals surface area contributed by atoms with Gasteiger partial charge in [0.25, 0.3) is 5.91 Å². The van der Waals surface area contributed by atoms with Crippen LogP contribution in [0.4, 0.5) is 5.69 Å². The van der Waals surface area contributed by atoms with Gasteiger partial charge in [-0.15, -0.1) is 0 Å². The summed E-state index contributed by atoms with van der Waals surface area (Å²) in [5.74, 6) is -1.90. The molecule has 10 heteroatoms. The topological polar surface area (TPSA) is 102 Å². The number of anilines is 1. The first-order valence-electron chi connectivity index (χ1n) is 9.04. The summed E-state index contributed by atoms with van der Waals surface area (Å²) >= 11 is 11.8. The van der Waals surface area contributed by atoms with Crippen molar-refractivity contribution in [2.45, 2.75) is 37.8 Å². The van der Waals surface area contributed by atoms with Crippen LogP contribution >= 0.6 is 23.2 Å². The lowest BCUT2D eigenvalue weighted by atomic mass is 10.1. The summed E-state index contributed by atoms with van der Waals surface area (Å²) in [4.78, 5) is 25.0. The molecule has 0 aliphatic carbocycles. The number of sulfonamides is 1. The molecule has 2 N–H and O–H groups in total. The average molecular weight is 473 g/mol. The van der Waals surface area contributed by atoms with Crippen LogP contribution in [-0.4, -0.2) is 32.4 Å². The van der Waals surface area contributed by atoms with E-state index in [2.05, 4.69) is 10.0 Å². The second kappa shape index (κ2) is 10.3. The van der Waals surface area contributed by atoms with Crippen molar-refractivity contribution in [1.82, 2.24) is 4.72 Å². The molecule has 0 saturated carbocycles. The first kappa shape index (κ1) is 24.1. The molecule has 0 saturated heterocycles. The third kappa shape index (κ3) is 6.70.